The summed E-state index contributed by atoms with van der Waals surface area (Å²) in [6, 6.07) is 10.3. The standard InChI is InChI=1S/C19H19ClN2O3/c1-11-9-16(17(25-2)10-15(11)20)22-19(24)13-5-3-12(4-6-13)18(23)21-14-7-8-14/h3-6,9-10,14H,7-8H2,1-2H3,(H,21,23)(H,22,24). The summed E-state index contributed by atoms with van der Waals surface area (Å²) in [5.74, 6) is 0.100. The van der Waals surface area contributed by atoms with Gasteiger partial charge in [-0.2, -0.15) is 0 Å². The molecule has 1 fully saturated rings. The number of anilines is 1. The van der Waals surface area contributed by atoms with E-state index in [9.17, 15) is 9.59 Å². The highest BCUT2D eigenvalue weighted by Crippen LogP contribution is 2.31. The second-order valence-corrected chi connectivity index (χ2v) is 6.49. The molecule has 3 rings (SSSR count). The van der Waals surface area contributed by atoms with Crippen molar-refractivity contribution >= 4 is 29.1 Å². The van der Waals surface area contributed by atoms with Crippen LogP contribution >= 0.6 is 11.6 Å². The van der Waals surface area contributed by atoms with Gasteiger partial charge < -0.3 is 15.4 Å². The minimum Gasteiger partial charge on any atom is -0.495 e. The third-order valence-electron chi connectivity index (χ3n) is 4.05. The molecule has 0 saturated heterocycles. The highest BCUT2D eigenvalue weighted by molar-refractivity contribution is 6.31. The van der Waals surface area contributed by atoms with Crippen molar-refractivity contribution in [3.05, 3.63) is 58.1 Å². The van der Waals surface area contributed by atoms with Crippen LogP contribution in [0.15, 0.2) is 36.4 Å². The molecule has 130 valence electrons. The van der Waals surface area contributed by atoms with E-state index >= 15 is 0 Å². The number of hydrogen-bond donors (Lipinski definition) is 2. The maximum absolute atomic E-state index is 12.4. The summed E-state index contributed by atoms with van der Waals surface area (Å²) in [5.41, 5.74) is 2.39. The summed E-state index contributed by atoms with van der Waals surface area (Å²) in [4.78, 5) is 24.4. The SMILES string of the molecule is COc1cc(Cl)c(C)cc1NC(=O)c1ccc(C(=O)NC2CC2)cc1. The van der Waals surface area contributed by atoms with Crippen molar-refractivity contribution in [2.75, 3.05) is 12.4 Å². The Morgan fingerprint density at radius 1 is 1.08 bits per heavy atom. The Bertz CT molecular complexity index is 814. The molecule has 0 aliphatic heterocycles. The van der Waals surface area contributed by atoms with E-state index < -0.39 is 0 Å². The molecular formula is C19H19ClN2O3. The quantitative estimate of drug-likeness (QED) is 0.854. The van der Waals surface area contributed by atoms with Crippen LogP contribution in [0.4, 0.5) is 5.69 Å². The molecule has 2 N–H and O–H groups in total. The fourth-order valence-corrected chi connectivity index (χ4v) is 2.55. The third kappa shape index (κ3) is 4.12. The number of rotatable bonds is 5. The van der Waals surface area contributed by atoms with Crippen LogP contribution in [0, 0.1) is 6.92 Å². The van der Waals surface area contributed by atoms with Crippen LogP contribution in [0.1, 0.15) is 39.1 Å². The van der Waals surface area contributed by atoms with E-state index in [-0.39, 0.29) is 11.8 Å². The first-order valence-electron chi connectivity index (χ1n) is 8.04. The number of halogens is 1. The maximum atomic E-state index is 12.4. The smallest absolute Gasteiger partial charge is 0.255 e. The predicted molar refractivity (Wildman–Crippen MR) is 97.6 cm³/mol. The first-order valence-corrected chi connectivity index (χ1v) is 8.42. The van der Waals surface area contributed by atoms with E-state index in [1.165, 1.54) is 7.11 Å². The summed E-state index contributed by atoms with van der Waals surface area (Å²) >= 11 is 6.07. The molecule has 0 radical (unpaired) electrons. The lowest BCUT2D eigenvalue weighted by atomic mass is 10.1. The zero-order valence-electron chi connectivity index (χ0n) is 14.1. The molecule has 0 unspecified atom stereocenters. The van der Waals surface area contributed by atoms with Gasteiger partial charge in [0.1, 0.15) is 5.75 Å². The Morgan fingerprint density at radius 2 is 1.68 bits per heavy atom. The largest absolute Gasteiger partial charge is 0.495 e. The minimum atomic E-state index is -0.283. The van der Waals surface area contributed by atoms with Gasteiger partial charge >= 0.3 is 0 Å². The summed E-state index contributed by atoms with van der Waals surface area (Å²) in [6.07, 6.45) is 2.07. The van der Waals surface area contributed by atoms with Crippen LogP contribution < -0.4 is 15.4 Å². The molecule has 1 aliphatic carbocycles. The second kappa shape index (κ2) is 7.15. The van der Waals surface area contributed by atoms with Crippen LogP contribution in [0.3, 0.4) is 0 Å². The van der Waals surface area contributed by atoms with Gasteiger partial charge in [-0.25, -0.2) is 0 Å². The Hall–Kier alpha value is -2.53. The van der Waals surface area contributed by atoms with Gasteiger partial charge in [0.15, 0.2) is 0 Å². The number of ether oxygens (including phenoxy) is 1. The predicted octanol–water partition coefficient (Wildman–Crippen LogP) is 3.80. The number of nitrogens with one attached hydrogen (secondary N) is 2. The van der Waals surface area contributed by atoms with Crippen molar-refractivity contribution in [3.63, 3.8) is 0 Å². The molecular weight excluding hydrogens is 340 g/mol. The normalized spacial score (nSPS) is 13.2. The summed E-state index contributed by atoms with van der Waals surface area (Å²) in [5, 5.41) is 6.30. The number of methoxy groups -OCH3 is 1. The molecule has 0 spiro atoms. The van der Waals surface area contributed by atoms with Gasteiger partial charge in [-0.1, -0.05) is 11.6 Å². The van der Waals surface area contributed by atoms with E-state index in [1.54, 1.807) is 36.4 Å². The van der Waals surface area contributed by atoms with Crippen molar-refractivity contribution in [2.24, 2.45) is 0 Å². The topological polar surface area (TPSA) is 67.4 Å². The number of carbonyl (C=O) groups is 2. The number of benzene rings is 2. The molecule has 2 aromatic carbocycles. The molecule has 0 bridgehead atoms. The van der Waals surface area contributed by atoms with Gasteiger partial charge in [-0.05, 0) is 55.7 Å². The van der Waals surface area contributed by atoms with Gasteiger partial charge in [0.25, 0.3) is 11.8 Å². The molecule has 1 aliphatic rings. The van der Waals surface area contributed by atoms with Crippen molar-refractivity contribution in [3.8, 4) is 5.75 Å². The zero-order chi connectivity index (χ0) is 18.0. The Morgan fingerprint density at radius 3 is 2.24 bits per heavy atom. The van der Waals surface area contributed by atoms with Gasteiger partial charge in [-0.3, -0.25) is 9.59 Å². The van der Waals surface area contributed by atoms with Crippen molar-refractivity contribution in [1.29, 1.82) is 0 Å². The third-order valence-corrected chi connectivity index (χ3v) is 4.46. The summed E-state index contributed by atoms with van der Waals surface area (Å²) in [6.45, 7) is 1.85. The number of hydrogen-bond acceptors (Lipinski definition) is 3. The molecule has 2 amide bonds. The van der Waals surface area contributed by atoms with Crippen molar-refractivity contribution in [1.82, 2.24) is 5.32 Å². The molecule has 2 aromatic rings. The van der Waals surface area contributed by atoms with Crippen LogP contribution in [0.2, 0.25) is 5.02 Å². The van der Waals surface area contributed by atoms with Gasteiger partial charge in [0.2, 0.25) is 0 Å². The van der Waals surface area contributed by atoms with E-state index in [0.717, 1.165) is 18.4 Å². The Labute approximate surface area is 151 Å². The molecule has 25 heavy (non-hydrogen) atoms. The highest BCUT2D eigenvalue weighted by Gasteiger charge is 2.23. The van der Waals surface area contributed by atoms with Crippen LogP contribution in [0.5, 0.6) is 5.75 Å². The molecule has 0 aromatic heterocycles. The fraction of sp³-hybridized carbons (Fsp3) is 0.263. The lowest BCUT2D eigenvalue weighted by Crippen LogP contribution is -2.25. The van der Waals surface area contributed by atoms with Crippen molar-refractivity contribution in [2.45, 2.75) is 25.8 Å². The monoisotopic (exact) mass is 358 g/mol. The van der Waals surface area contributed by atoms with Crippen LogP contribution in [-0.2, 0) is 0 Å². The van der Waals surface area contributed by atoms with Gasteiger partial charge in [0.05, 0.1) is 12.8 Å². The molecule has 0 heterocycles. The first-order chi connectivity index (χ1) is 12.0. The second-order valence-electron chi connectivity index (χ2n) is 6.08. The van der Waals surface area contributed by atoms with E-state index in [2.05, 4.69) is 10.6 Å². The minimum absolute atomic E-state index is 0.107. The maximum Gasteiger partial charge on any atom is 0.255 e. The lowest BCUT2D eigenvalue weighted by Gasteiger charge is -2.12. The Balaban J connectivity index is 1.73. The van der Waals surface area contributed by atoms with Crippen molar-refractivity contribution < 1.29 is 14.3 Å². The number of aryl methyl sites for hydroxylation is 1. The Kier molecular flexibility index (Phi) is 4.95. The first kappa shape index (κ1) is 17.3. The van der Waals surface area contributed by atoms with E-state index in [0.29, 0.717) is 33.6 Å². The van der Waals surface area contributed by atoms with E-state index in [1.807, 2.05) is 6.92 Å². The van der Waals surface area contributed by atoms with Crippen LogP contribution in [-0.4, -0.2) is 25.0 Å². The average molecular weight is 359 g/mol. The summed E-state index contributed by atoms with van der Waals surface area (Å²) in [7, 11) is 1.52. The summed E-state index contributed by atoms with van der Waals surface area (Å²) < 4.78 is 5.26. The fourth-order valence-electron chi connectivity index (χ4n) is 2.39. The number of carbonyl (C=O) groups excluding carboxylic acids is 2. The average Bonchev–Trinajstić information content (AvgIpc) is 3.42. The molecule has 0 atom stereocenters. The number of amides is 2. The lowest BCUT2D eigenvalue weighted by molar-refractivity contribution is 0.0949. The highest BCUT2D eigenvalue weighted by atomic mass is 35.5. The van der Waals surface area contributed by atoms with E-state index in [4.69, 9.17) is 16.3 Å². The van der Waals surface area contributed by atoms with Gasteiger partial charge in [-0.15, -0.1) is 0 Å². The molecule has 5 nitrogen and oxygen atoms in total. The molecule has 6 heteroatoms. The zero-order valence-corrected chi connectivity index (χ0v) is 14.8. The van der Waals surface area contributed by atoms with Crippen LogP contribution in [0.25, 0.3) is 0 Å². The van der Waals surface area contributed by atoms with Gasteiger partial charge in [0, 0.05) is 28.3 Å². The molecule has 1 saturated carbocycles.